The van der Waals surface area contributed by atoms with Crippen molar-refractivity contribution in [2.24, 2.45) is 5.73 Å². The van der Waals surface area contributed by atoms with E-state index in [0.717, 1.165) is 12.3 Å². The summed E-state index contributed by atoms with van der Waals surface area (Å²) >= 11 is 10.6. The molecule has 0 aliphatic carbocycles. The molecule has 0 aromatic carbocycles. The molecule has 0 aliphatic heterocycles. The summed E-state index contributed by atoms with van der Waals surface area (Å²) in [6.45, 7) is 1.60. The van der Waals surface area contributed by atoms with Gasteiger partial charge >= 0.3 is 6.18 Å². The summed E-state index contributed by atoms with van der Waals surface area (Å²) < 4.78 is 39.2. The number of aryl methyl sites for hydroxylation is 1. The maximum atomic E-state index is 12.7. The van der Waals surface area contributed by atoms with Gasteiger partial charge in [0.25, 0.3) is 0 Å². The number of nitrogens with two attached hydrogens (primary N) is 1. The van der Waals surface area contributed by atoms with Crippen molar-refractivity contribution in [1.29, 1.82) is 0 Å². The summed E-state index contributed by atoms with van der Waals surface area (Å²) in [5.41, 5.74) is 5.49. The van der Waals surface area contributed by atoms with Crippen LogP contribution < -0.4 is 5.73 Å². The number of imidazole rings is 1. The number of alkyl halides is 3. The van der Waals surface area contributed by atoms with Crippen LogP contribution in [0.3, 0.4) is 0 Å². The van der Waals surface area contributed by atoms with Crippen molar-refractivity contribution >= 4 is 34.5 Å². The molecule has 0 saturated carbocycles. The van der Waals surface area contributed by atoms with E-state index in [1.807, 2.05) is 0 Å². The molecule has 0 amide bonds. The average molecular weight is 294 g/mol. The molecule has 8 heteroatoms. The van der Waals surface area contributed by atoms with Gasteiger partial charge in [-0.15, -0.1) is 0 Å². The maximum absolute atomic E-state index is 12.7. The van der Waals surface area contributed by atoms with Gasteiger partial charge in [-0.3, -0.25) is 4.40 Å². The van der Waals surface area contributed by atoms with Crippen LogP contribution in [0.5, 0.6) is 0 Å². The first-order chi connectivity index (χ1) is 8.21. The Labute approximate surface area is 110 Å². The minimum Gasteiger partial charge on any atom is -0.388 e. The highest BCUT2D eigenvalue weighted by atomic mass is 35.5. The van der Waals surface area contributed by atoms with Crippen LogP contribution in [-0.2, 0) is 6.18 Å². The Morgan fingerprint density at radius 3 is 2.61 bits per heavy atom. The van der Waals surface area contributed by atoms with Crippen LogP contribution in [0.2, 0.25) is 5.02 Å². The van der Waals surface area contributed by atoms with Gasteiger partial charge in [0.2, 0.25) is 0 Å². The van der Waals surface area contributed by atoms with E-state index in [9.17, 15) is 13.2 Å². The first kappa shape index (κ1) is 13.1. The fourth-order valence-corrected chi connectivity index (χ4v) is 2.17. The van der Waals surface area contributed by atoms with Crippen LogP contribution in [0.4, 0.5) is 13.2 Å². The van der Waals surface area contributed by atoms with Gasteiger partial charge < -0.3 is 5.73 Å². The number of fused-ring (bicyclic) bond motifs is 1. The first-order valence-electron chi connectivity index (χ1n) is 4.77. The third-order valence-corrected chi connectivity index (χ3v) is 2.88. The van der Waals surface area contributed by atoms with Gasteiger partial charge in [-0.1, -0.05) is 23.8 Å². The quantitative estimate of drug-likeness (QED) is 0.822. The van der Waals surface area contributed by atoms with Crippen LogP contribution in [0.25, 0.3) is 5.65 Å². The van der Waals surface area contributed by atoms with E-state index in [0.29, 0.717) is 5.69 Å². The topological polar surface area (TPSA) is 43.3 Å². The van der Waals surface area contributed by atoms with E-state index in [1.165, 1.54) is 4.40 Å². The Morgan fingerprint density at radius 1 is 1.50 bits per heavy atom. The molecule has 2 aromatic rings. The second-order valence-corrected chi connectivity index (χ2v) is 4.53. The highest BCUT2D eigenvalue weighted by Crippen LogP contribution is 2.32. The lowest BCUT2D eigenvalue weighted by molar-refractivity contribution is -0.137. The van der Waals surface area contributed by atoms with E-state index in [-0.39, 0.29) is 21.4 Å². The maximum Gasteiger partial charge on any atom is 0.417 e. The molecule has 0 aliphatic rings. The van der Waals surface area contributed by atoms with Crippen molar-refractivity contribution in [3.63, 3.8) is 0 Å². The van der Waals surface area contributed by atoms with Crippen LogP contribution >= 0.6 is 23.8 Å². The van der Waals surface area contributed by atoms with Crippen LogP contribution in [0, 0.1) is 6.92 Å². The summed E-state index contributed by atoms with van der Waals surface area (Å²) in [6, 6.07) is 0.826. The Balaban J connectivity index is 2.85. The summed E-state index contributed by atoms with van der Waals surface area (Å²) in [4.78, 5) is 4.02. The Kier molecular flexibility index (Phi) is 2.98. The molecule has 0 unspecified atom stereocenters. The second-order valence-electron chi connectivity index (χ2n) is 3.68. The van der Waals surface area contributed by atoms with E-state index < -0.39 is 11.7 Å². The molecule has 2 N–H and O–H groups in total. The molecule has 96 valence electrons. The lowest BCUT2D eigenvalue weighted by atomic mass is 10.2. The summed E-state index contributed by atoms with van der Waals surface area (Å²) in [5.74, 6) is 0. The Bertz CT molecular complexity index is 648. The van der Waals surface area contributed by atoms with Gasteiger partial charge in [-0.25, -0.2) is 4.98 Å². The number of rotatable bonds is 1. The Morgan fingerprint density at radius 2 is 2.11 bits per heavy atom. The fourth-order valence-electron chi connectivity index (χ4n) is 1.67. The molecule has 0 spiro atoms. The molecule has 2 aromatic heterocycles. The van der Waals surface area contributed by atoms with Gasteiger partial charge in [-0.2, -0.15) is 13.2 Å². The molecule has 3 nitrogen and oxygen atoms in total. The highest BCUT2D eigenvalue weighted by molar-refractivity contribution is 7.80. The number of hydrogen-bond acceptors (Lipinski definition) is 2. The van der Waals surface area contributed by atoms with E-state index in [2.05, 4.69) is 4.98 Å². The molecule has 2 heterocycles. The van der Waals surface area contributed by atoms with Crippen molar-refractivity contribution < 1.29 is 13.2 Å². The molecule has 18 heavy (non-hydrogen) atoms. The number of pyridine rings is 1. The molecule has 0 radical (unpaired) electrons. The van der Waals surface area contributed by atoms with Crippen LogP contribution in [0.1, 0.15) is 17.0 Å². The minimum absolute atomic E-state index is 0.0320. The molecule has 2 rings (SSSR count). The predicted molar refractivity (Wildman–Crippen MR) is 65.8 cm³/mol. The molecule has 0 saturated heterocycles. The third-order valence-electron chi connectivity index (χ3n) is 2.41. The van der Waals surface area contributed by atoms with E-state index >= 15 is 0 Å². The SMILES string of the molecule is Cc1nc2c(Cl)cc(C(F)(F)F)cn2c1C(N)=S. The largest absolute Gasteiger partial charge is 0.417 e. The monoisotopic (exact) mass is 293 g/mol. The zero-order valence-electron chi connectivity index (χ0n) is 9.05. The molecular weight excluding hydrogens is 287 g/mol. The van der Waals surface area contributed by atoms with Crippen molar-refractivity contribution in [1.82, 2.24) is 9.38 Å². The fraction of sp³-hybridized carbons (Fsp3) is 0.200. The van der Waals surface area contributed by atoms with Crippen LogP contribution in [-0.4, -0.2) is 14.4 Å². The summed E-state index contributed by atoms with van der Waals surface area (Å²) in [7, 11) is 0. The number of aromatic nitrogens is 2. The number of nitrogens with zero attached hydrogens (tertiary/aromatic N) is 2. The van der Waals surface area contributed by atoms with Crippen molar-refractivity contribution in [2.45, 2.75) is 13.1 Å². The van der Waals surface area contributed by atoms with E-state index in [1.54, 1.807) is 6.92 Å². The minimum atomic E-state index is -4.50. The highest BCUT2D eigenvalue weighted by Gasteiger charge is 2.32. The summed E-state index contributed by atoms with van der Waals surface area (Å²) in [5, 5.41) is -0.101. The van der Waals surface area contributed by atoms with Crippen LogP contribution in [0.15, 0.2) is 12.3 Å². The van der Waals surface area contributed by atoms with E-state index in [4.69, 9.17) is 29.6 Å². The van der Waals surface area contributed by atoms with Crippen molar-refractivity contribution in [3.05, 3.63) is 34.2 Å². The summed E-state index contributed by atoms with van der Waals surface area (Å²) in [6.07, 6.45) is -3.61. The normalized spacial score (nSPS) is 12.1. The zero-order chi connectivity index (χ0) is 13.7. The zero-order valence-corrected chi connectivity index (χ0v) is 10.6. The Hall–Kier alpha value is -1.34. The van der Waals surface area contributed by atoms with Gasteiger partial charge in [0.05, 0.1) is 16.3 Å². The standard InChI is InChI=1S/C10H7ClF3N3S/c1-4-7(8(15)18)17-3-5(10(12,13)14)2-6(11)9(17)16-4/h2-3H,1H3,(H2,15,18). The lowest BCUT2D eigenvalue weighted by Gasteiger charge is -2.09. The molecule has 0 fully saturated rings. The number of hydrogen-bond donors (Lipinski definition) is 1. The van der Waals surface area contributed by atoms with Gasteiger partial charge in [0.15, 0.2) is 5.65 Å². The molecule has 0 atom stereocenters. The van der Waals surface area contributed by atoms with Gasteiger partial charge in [0.1, 0.15) is 10.7 Å². The first-order valence-corrected chi connectivity index (χ1v) is 5.55. The third kappa shape index (κ3) is 2.04. The van der Waals surface area contributed by atoms with Gasteiger partial charge in [0, 0.05) is 6.20 Å². The number of halogens is 4. The number of thiocarbonyl (C=S) groups is 1. The molecular formula is C10H7ClF3N3S. The molecule has 0 bridgehead atoms. The van der Waals surface area contributed by atoms with Crippen molar-refractivity contribution in [2.75, 3.05) is 0 Å². The lowest BCUT2D eigenvalue weighted by Crippen LogP contribution is -2.15. The second kappa shape index (κ2) is 4.10. The smallest absolute Gasteiger partial charge is 0.388 e. The van der Waals surface area contributed by atoms with Crippen molar-refractivity contribution in [3.8, 4) is 0 Å². The average Bonchev–Trinajstić information content (AvgIpc) is 2.53. The van der Waals surface area contributed by atoms with Gasteiger partial charge in [-0.05, 0) is 13.0 Å². The predicted octanol–water partition coefficient (Wildman–Crippen LogP) is 2.95.